The molecule has 1 amide bonds. The van der Waals surface area contributed by atoms with Gasteiger partial charge >= 0.3 is 0 Å². The van der Waals surface area contributed by atoms with Crippen molar-refractivity contribution in [3.05, 3.63) is 41.3 Å². The molecule has 0 saturated heterocycles. The first-order valence-corrected chi connectivity index (χ1v) is 6.46. The van der Waals surface area contributed by atoms with Crippen LogP contribution in [-0.4, -0.2) is 31.2 Å². The summed E-state index contributed by atoms with van der Waals surface area (Å²) in [5, 5.41) is 3.33. The Morgan fingerprint density at radius 2 is 2.25 bits per heavy atom. The predicted molar refractivity (Wildman–Crippen MR) is 75.3 cm³/mol. The normalized spacial score (nSPS) is 10.8. The molecule has 0 radical (unpaired) electrons. The molecule has 106 valence electrons. The second-order valence-electron chi connectivity index (χ2n) is 4.55. The van der Waals surface area contributed by atoms with Gasteiger partial charge in [0.25, 0.3) is 5.91 Å². The van der Waals surface area contributed by atoms with Crippen molar-refractivity contribution >= 4 is 16.8 Å². The number of aryl methyl sites for hydroxylation is 1. The zero-order valence-corrected chi connectivity index (χ0v) is 11.6. The van der Waals surface area contributed by atoms with Crippen molar-refractivity contribution in [2.75, 3.05) is 20.3 Å². The summed E-state index contributed by atoms with van der Waals surface area (Å²) in [6.07, 6.45) is 0.735. The van der Waals surface area contributed by atoms with Crippen LogP contribution in [0.2, 0.25) is 0 Å². The molecule has 1 aromatic carbocycles. The van der Waals surface area contributed by atoms with E-state index in [1.54, 1.807) is 32.2 Å². The van der Waals surface area contributed by atoms with E-state index in [9.17, 15) is 9.18 Å². The molecule has 0 aliphatic carbocycles. The largest absolute Gasteiger partial charge is 0.385 e. The SMILES string of the molecule is COCCCNC(=O)c1cc(C)nc2c(F)cccc12. The molecule has 2 aromatic rings. The number of nitrogens with one attached hydrogen (secondary N) is 1. The van der Waals surface area contributed by atoms with Gasteiger partial charge in [0.05, 0.1) is 5.56 Å². The van der Waals surface area contributed by atoms with Gasteiger partial charge in [-0.3, -0.25) is 4.79 Å². The number of carbonyl (C=O) groups is 1. The van der Waals surface area contributed by atoms with Gasteiger partial charge < -0.3 is 10.1 Å². The Morgan fingerprint density at radius 1 is 1.45 bits per heavy atom. The van der Waals surface area contributed by atoms with Crippen molar-refractivity contribution in [2.45, 2.75) is 13.3 Å². The number of hydrogen-bond acceptors (Lipinski definition) is 3. The van der Waals surface area contributed by atoms with Crippen LogP contribution in [0.15, 0.2) is 24.3 Å². The van der Waals surface area contributed by atoms with Crippen molar-refractivity contribution in [2.24, 2.45) is 0 Å². The average Bonchev–Trinajstić information content (AvgIpc) is 2.43. The van der Waals surface area contributed by atoms with Gasteiger partial charge in [-0.1, -0.05) is 12.1 Å². The molecular weight excluding hydrogens is 259 g/mol. The van der Waals surface area contributed by atoms with Crippen LogP contribution in [-0.2, 0) is 4.74 Å². The quantitative estimate of drug-likeness (QED) is 0.853. The van der Waals surface area contributed by atoms with Crippen LogP contribution in [0.3, 0.4) is 0 Å². The minimum Gasteiger partial charge on any atom is -0.385 e. The lowest BCUT2D eigenvalue weighted by atomic mass is 10.1. The van der Waals surface area contributed by atoms with Crippen LogP contribution in [0.5, 0.6) is 0 Å². The molecule has 4 nitrogen and oxygen atoms in total. The van der Waals surface area contributed by atoms with Crippen molar-refractivity contribution in [3.63, 3.8) is 0 Å². The van der Waals surface area contributed by atoms with E-state index in [0.717, 1.165) is 6.42 Å². The number of nitrogens with zero attached hydrogens (tertiary/aromatic N) is 1. The summed E-state index contributed by atoms with van der Waals surface area (Å²) >= 11 is 0. The molecule has 0 unspecified atom stereocenters. The van der Waals surface area contributed by atoms with E-state index in [0.29, 0.717) is 29.8 Å². The van der Waals surface area contributed by atoms with Gasteiger partial charge in [-0.2, -0.15) is 0 Å². The van der Waals surface area contributed by atoms with Gasteiger partial charge in [-0.25, -0.2) is 9.37 Å². The number of carbonyl (C=O) groups excluding carboxylic acids is 1. The van der Waals surface area contributed by atoms with Gasteiger partial charge in [-0.05, 0) is 25.5 Å². The topological polar surface area (TPSA) is 51.2 Å². The first-order valence-electron chi connectivity index (χ1n) is 6.46. The highest BCUT2D eigenvalue weighted by Gasteiger charge is 2.13. The summed E-state index contributed by atoms with van der Waals surface area (Å²) in [6, 6.07) is 6.30. The number of para-hydroxylation sites is 1. The van der Waals surface area contributed by atoms with Crippen LogP contribution >= 0.6 is 0 Å². The first-order chi connectivity index (χ1) is 9.63. The minimum absolute atomic E-state index is 0.220. The van der Waals surface area contributed by atoms with E-state index >= 15 is 0 Å². The summed E-state index contributed by atoms with van der Waals surface area (Å²) in [4.78, 5) is 16.3. The third-order valence-electron chi connectivity index (χ3n) is 2.97. The third-order valence-corrected chi connectivity index (χ3v) is 2.97. The number of rotatable bonds is 5. The van der Waals surface area contributed by atoms with Gasteiger partial charge in [-0.15, -0.1) is 0 Å². The Balaban J connectivity index is 2.29. The molecule has 0 bridgehead atoms. The highest BCUT2D eigenvalue weighted by molar-refractivity contribution is 6.06. The highest BCUT2D eigenvalue weighted by Crippen LogP contribution is 2.20. The maximum absolute atomic E-state index is 13.8. The number of halogens is 1. The monoisotopic (exact) mass is 276 g/mol. The Bertz CT molecular complexity index is 629. The molecule has 0 fully saturated rings. The summed E-state index contributed by atoms with van der Waals surface area (Å²) in [5.41, 5.74) is 1.29. The number of ether oxygens (including phenoxy) is 1. The highest BCUT2D eigenvalue weighted by atomic mass is 19.1. The van der Waals surface area contributed by atoms with Gasteiger partial charge in [0.1, 0.15) is 11.3 Å². The molecule has 1 aromatic heterocycles. The number of hydrogen-bond donors (Lipinski definition) is 1. The standard InChI is InChI=1S/C15H17FN2O2/c1-10-9-12(15(19)17-7-4-8-20-2)11-5-3-6-13(16)14(11)18-10/h3,5-6,9H,4,7-8H2,1-2H3,(H,17,19). The van der Waals surface area contributed by atoms with E-state index < -0.39 is 5.82 Å². The smallest absolute Gasteiger partial charge is 0.252 e. The lowest BCUT2D eigenvalue weighted by Gasteiger charge is -2.09. The Labute approximate surface area is 117 Å². The summed E-state index contributed by atoms with van der Waals surface area (Å²) in [6.45, 7) is 2.85. The second-order valence-corrected chi connectivity index (χ2v) is 4.55. The number of aromatic nitrogens is 1. The number of benzene rings is 1. The zero-order chi connectivity index (χ0) is 14.5. The summed E-state index contributed by atoms with van der Waals surface area (Å²) < 4.78 is 18.7. The Kier molecular flexibility index (Phi) is 4.63. The molecule has 20 heavy (non-hydrogen) atoms. The first kappa shape index (κ1) is 14.4. The molecule has 5 heteroatoms. The molecule has 0 aliphatic rings. The van der Waals surface area contributed by atoms with Crippen molar-refractivity contribution < 1.29 is 13.9 Å². The third kappa shape index (κ3) is 3.11. The van der Waals surface area contributed by atoms with Crippen LogP contribution in [0.4, 0.5) is 4.39 Å². The zero-order valence-electron chi connectivity index (χ0n) is 11.6. The van der Waals surface area contributed by atoms with E-state index in [1.807, 2.05) is 0 Å². The van der Waals surface area contributed by atoms with Gasteiger partial charge in [0.15, 0.2) is 0 Å². The maximum atomic E-state index is 13.8. The van der Waals surface area contributed by atoms with Gasteiger partial charge in [0.2, 0.25) is 0 Å². The van der Waals surface area contributed by atoms with Crippen LogP contribution in [0.25, 0.3) is 10.9 Å². The number of amides is 1. The Morgan fingerprint density at radius 3 is 3.00 bits per heavy atom. The lowest BCUT2D eigenvalue weighted by Crippen LogP contribution is -2.25. The molecule has 0 atom stereocenters. The molecule has 2 rings (SSSR count). The Hall–Kier alpha value is -2.01. The fourth-order valence-corrected chi connectivity index (χ4v) is 2.04. The molecule has 0 spiro atoms. The van der Waals surface area contributed by atoms with Crippen LogP contribution in [0, 0.1) is 12.7 Å². The van der Waals surface area contributed by atoms with E-state index in [2.05, 4.69) is 10.3 Å². The summed E-state index contributed by atoms with van der Waals surface area (Å²) in [7, 11) is 1.62. The maximum Gasteiger partial charge on any atom is 0.252 e. The van der Waals surface area contributed by atoms with Crippen molar-refractivity contribution in [1.82, 2.24) is 10.3 Å². The molecule has 0 aliphatic heterocycles. The molecule has 1 N–H and O–H groups in total. The van der Waals surface area contributed by atoms with Crippen molar-refractivity contribution in [3.8, 4) is 0 Å². The number of pyridine rings is 1. The van der Waals surface area contributed by atoms with Crippen LogP contribution < -0.4 is 5.32 Å². The predicted octanol–water partition coefficient (Wildman–Crippen LogP) is 2.45. The van der Waals surface area contributed by atoms with E-state index in [1.165, 1.54) is 6.07 Å². The van der Waals surface area contributed by atoms with Crippen molar-refractivity contribution in [1.29, 1.82) is 0 Å². The minimum atomic E-state index is -0.417. The van der Waals surface area contributed by atoms with Crippen LogP contribution in [0.1, 0.15) is 22.5 Å². The fourth-order valence-electron chi connectivity index (χ4n) is 2.04. The molecular formula is C15H17FN2O2. The van der Waals surface area contributed by atoms with E-state index in [-0.39, 0.29) is 11.4 Å². The molecule has 0 saturated carbocycles. The molecule has 1 heterocycles. The van der Waals surface area contributed by atoms with E-state index in [4.69, 9.17) is 4.74 Å². The average molecular weight is 276 g/mol. The second kappa shape index (κ2) is 6.43. The number of methoxy groups -OCH3 is 1. The summed E-state index contributed by atoms with van der Waals surface area (Å²) in [5.74, 6) is -0.637. The van der Waals surface area contributed by atoms with Gasteiger partial charge in [0, 0.05) is 31.3 Å². The fraction of sp³-hybridized carbons (Fsp3) is 0.333. The lowest BCUT2D eigenvalue weighted by molar-refractivity contribution is 0.0950. The number of fused-ring (bicyclic) bond motifs is 1.